The zero-order chi connectivity index (χ0) is 26.4. The lowest BCUT2D eigenvalue weighted by Crippen LogP contribution is -2.52. The van der Waals surface area contributed by atoms with E-state index >= 15 is 0 Å². The van der Waals surface area contributed by atoms with Gasteiger partial charge in [-0.2, -0.15) is 9.97 Å². The van der Waals surface area contributed by atoms with Crippen LogP contribution in [-0.2, 0) is 22.8 Å². The summed E-state index contributed by atoms with van der Waals surface area (Å²) in [4.78, 5) is 12.6. The number of nitrogen functional groups attached to an aromatic ring is 1. The molecular weight excluding hydrogens is 513 g/mol. The monoisotopic (exact) mass is 549 g/mol. The van der Waals surface area contributed by atoms with E-state index in [1.807, 2.05) is 6.92 Å². The van der Waals surface area contributed by atoms with Crippen LogP contribution in [-0.4, -0.2) is 71.6 Å². The molecule has 0 radical (unpaired) electrons. The standard InChI is InChI=1S/C21H37ClN5O6PSi/c1-9-30-34(6,29)31-10-13-15(33-35(7,8)20(2,3)4)21(5,11-28)18(32-13)27-12-24-14-16(23)25-19(22)26-17(14)27/h12-13,15,18,28H,9-11H2,1-8H3,(H2,23,25,26)/t13-,15?,18-,21+,34?/m1/s1. The maximum atomic E-state index is 12.7. The number of halogens is 1. The third-order valence-corrected chi connectivity index (χ3v) is 12.9. The normalized spacial score (nSPS) is 27.4. The lowest BCUT2D eigenvalue weighted by atomic mass is 9.83. The Morgan fingerprint density at radius 1 is 1.34 bits per heavy atom. The Hall–Kier alpha value is -1.11. The van der Waals surface area contributed by atoms with Crippen LogP contribution < -0.4 is 5.73 Å². The number of ether oxygens (including phenoxy) is 1. The van der Waals surface area contributed by atoms with E-state index in [1.54, 1.807) is 11.5 Å². The molecule has 1 fully saturated rings. The minimum absolute atomic E-state index is 0.0296. The Morgan fingerprint density at radius 3 is 2.57 bits per heavy atom. The van der Waals surface area contributed by atoms with Gasteiger partial charge in [0.1, 0.15) is 17.8 Å². The van der Waals surface area contributed by atoms with Gasteiger partial charge in [-0.15, -0.1) is 0 Å². The molecule has 11 nitrogen and oxygen atoms in total. The molecule has 0 aliphatic carbocycles. The van der Waals surface area contributed by atoms with Gasteiger partial charge in [0.25, 0.3) is 0 Å². The molecule has 3 heterocycles. The molecule has 1 aliphatic heterocycles. The quantitative estimate of drug-likeness (QED) is 0.265. The molecule has 5 atom stereocenters. The summed E-state index contributed by atoms with van der Waals surface area (Å²) < 4.78 is 38.6. The summed E-state index contributed by atoms with van der Waals surface area (Å²) >= 11 is 6.07. The predicted octanol–water partition coefficient (Wildman–Crippen LogP) is 4.22. The van der Waals surface area contributed by atoms with Crippen LogP contribution in [0.15, 0.2) is 6.33 Å². The van der Waals surface area contributed by atoms with Gasteiger partial charge in [-0.25, -0.2) is 4.98 Å². The number of imidazole rings is 1. The Labute approximate surface area is 212 Å². The van der Waals surface area contributed by atoms with Gasteiger partial charge in [0.05, 0.1) is 37.7 Å². The van der Waals surface area contributed by atoms with E-state index in [4.69, 9.17) is 35.5 Å². The van der Waals surface area contributed by atoms with Crippen LogP contribution in [0.3, 0.4) is 0 Å². The van der Waals surface area contributed by atoms with Crippen molar-refractivity contribution in [2.24, 2.45) is 5.41 Å². The number of aliphatic hydroxyl groups is 1. The zero-order valence-electron chi connectivity index (χ0n) is 21.6. The molecule has 0 spiro atoms. The molecule has 35 heavy (non-hydrogen) atoms. The van der Waals surface area contributed by atoms with Crippen molar-refractivity contribution in [2.75, 3.05) is 32.2 Å². The molecule has 0 aromatic carbocycles. The van der Waals surface area contributed by atoms with Gasteiger partial charge in [-0.1, -0.05) is 27.7 Å². The summed E-state index contributed by atoms with van der Waals surface area (Å²) in [5.74, 6) is 0.139. The maximum Gasteiger partial charge on any atom is 0.327 e. The first-order valence-electron chi connectivity index (χ1n) is 11.5. The molecule has 2 unspecified atom stereocenters. The number of fused-ring (bicyclic) bond motifs is 1. The second-order valence-corrected chi connectivity index (χ2v) is 17.8. The van der Waals surface area contributed by atoms with Crippen molar-refractivity contribution in [2.45, 2.75) is 71.2 Å². The van der Waals surface area contributed by atoms with Crippen molar-refractivity contribution in [3.63, 3.8) is 0 Å². The van der Waals surface area contributed by atoms with E-state index in [1.165, 1.54) is 13.0 Å². The highest BCUT2D eigenvalue weighted by molar-refractivity contribution is 7.52. The molecule has 0 saturated carbocycles. The molecule has 3 rings (SSSR count). The number of nitrogens with two attached hydrogens (primary N) is 1. The van der Waals surface area contributed by atoms with Crippen molar-refractivity contribution in [1.82, 2.24) is 19.5 Å². The first-order chi connectivity index (χ1) is 16.1. The van der Waals surface area contributed by atoms with E-state index in [9.17, 15) is 9.67 Å². The molecule has 14 heteroatoms. The van der Waals surface area contributed by atoms with Gasteiger partial charge >= 0.3 is 7.60 Å². The Bertz CT molecular complexity index is 1110. The van der Waals surface area contributed by atoms with Crippen molar-refractivity contribution >= 4 is 44.5 Å². The van der Waals surface area contributed by atoms with Crippen molar-refractivity contribution in [3.8, 4) is 0 Å². The van der Waals surface area contributed by atoms with Gasteiger partial charge in [-0.05, 0) is 36.7 Å². The van der Waals surface area contributed by atoms with Gasteiger partial charge in [0.15, 0.2) is 19.8 Å². The minimum atomic E-state index is -3.30. The molecule has 1 aliphatic rings. The van der Waals surface area contributed by atoms with Crippen LogP contribution in [0.1, 0.15) is 40.8 Å². The first-order valence-corrected chi connectivity index (χ1v) is 16.8. The average molecular weight is 550 g/mol. The van der Waals surface area contributed by atoms with Crippen LogP contribution >= 0.6 is 19.2 Å². The largest absolute Gasteiger partial charge is 0.410 e. The van der Waals surface area contributed by atoms with Crippen molar-refractivity contribution in [1.29, 1.82) is 0 Å². The average Bonchev–Trinajstić information content (AvgIpc) is 3.25. The number of hydrogen-bond acceptors (Lipinski definition) is 10. The van der Waals surface area contributed by atoms with Gasteiger partial charge < -0.3 is 29.1 Å². The van der Waals surface area contributed by atoms with Crippen molar-refractivity contribution in [3.05, 3.63) is 11.6 Å². The van der Waals surface area contributed by atoms with Gasteiger partial charge in [0.2, 0.25) is 5.28 Å². The summed E-state index contributed by atoms with van der Waals surface area (Å²) in [6, 6.07) is 0. The molecule has 0 amide bonds. The number of aromatic nitrogens is 4. The fourth-order valence-corrected chi connectivity index (χ4v) is 6.45. The highest BCUT2D eigenvalue weighted by Gasteiger charge is 2.58. The topological polar surface area (TPSA) is 144 Å². The number of rotatable bonds is 9. The van der Waals surface area contributed by atoms with Gasteiger partial charge in [0, 0.05) is 6.66 Å². The van der Waals surface area contributed by atoms with E-state index in [2.05, 4.69) is 48.8 Å². The SMILES string of the molecule is CCOP(C)(=O)OC[C@H]1O[C@@H](n2cnc3c(N)nc(Cl)nc32)[C@@](C)(CO)C1O[Si](C)(C)C(C)(C)C. The second-order valence-electron chi connectivity index (χ2n) is 10.7. The second kappa shape index (κ2) is 9.98. The predicted molar refractivity (Wildman–Crippen MR) is 137 cm³/mol. The number of hydrogen-bond donors (Lipinski definition) is 2. The highest BCUT2D eigenvalue weighted by atomic mass is 35.5. The Morgan fingerprint density at radius 2 is 2.00 bits per heavy atom. The van der Waals surface area contributed by atoms with E-state index in [0.717, 1.165) is 0 Å². The molecule has 198 valence electrons. The van der Waals surface area contributed by atoms with E-state index < -0.39 is 39.8 Å². The fourth-order valence-electron chi connectivity index (χ4n) is 3.90. The molecule has 3 N–H and O–H groups in total. The number of nitrogens with zero attached hydrogens (tertiary/aromatic N) is 4. The smallest absolute Gasteiger partial charge is 0.327 e. The lowest BCUT2D eigenvalue weighted by molar-refractivity contribution is -0.0580. The number of aliphatic hydroxyl groups excluding tert-OH is 1. The molecule has 1 saturated heterocycles. The van der Waals surface area contributed by atoms with Crippen molar-refractivity contribution < 1.29 is 27.9 Å². The third kappa shape index (κ3) is 5.59. The highest BCUT2D eigenvalue weighted by Crippen LogP contribution is 2.52. The lowest BCUT2D eigenvalue weighted by Gasteiger charge is -2.43. The molecular formula is C21H37ClN5O6PSi. The van der Waals surface area contributed by atoms with Crippen LogP contribution in [0, 0.1) is 5.41 Å². The van der Waals surface area contributed by atoms with E-state index in [0.29, 0.717) is 11.2 Å². The van der Waals surface area contributed by atoms with Crippen LogP contribution in [0.5, 0.6) is 0 Å². The Kier molecular flexibility index (Phi) is 8.11. The molecule has 2 aromatic heterocycles. The fraction of sp³-hybridized carbons (Fsp3) is 0.762. The van der Waals surface area contributed by atoms with Gasteiger partial charge in [-0.3, -0.25) is 9.13 Å². The van der Waals surface area contributed by atoms with Crippen LogP contribution in [0.2, 0.25) is 23.4 Å². The van der Waals surface area contributed by atoms with Crippen LogP contribution in [0.25, 0.3) is 11.2 Å². The third-order valence-electron chi connectivity index (χ3n) is 6.93. The summed E-state index contributed by atoms with van der Waals surface area (Å²) in [5.41, 5.74) is 5.80. The Balaban J connectivity index is 2.07. The van der Waals surface area contributed by atoms with E-state index in [-0.39, 0.29) is 36.0 Å². The summed E-state index contributed by atoms with van der Waals surface area (Å²) in [7, 11) is -5.63. The first kappa shape index (κ1) is 28.5. The molecule has 0 bridgehead atoms. The zero-order valence-corrected chi connectivity index (χ0v) is 24.3. The molecule has 2 aromatic rings. The minimum Gasteiger partial charge on any atom is -0.410 e. The number of anilines is 1. The maximum absolute atomic E-state index is 12.7. The summed E-state index contributed by atoms with van der Waals surface area (Å²) in [6.45, 7) is 15.6. The summed E-state index contributed by atoms with van der Waals surface area (Å²) in [6.07, 6.45) is -0.476. The summed E-state index contributed by atoms with van der Waals surface area (Å²) in [5, 5.41) is 10.6. The van der Waals surface area contributed by atoms with Crippen LogP contribution in [0.4, 0.5) is 5.82 Å².